The monoisotopic (exact) mass is 313 g/mol. The summed E-state index contributed by atoms with van der Waals surface area (Å²) in [5, 5.41) is 18.0. The highest BCUT2D eigenvalue weighted by molar-refractivity contribution is 9.10. The summed E-state index contributed by atoms with van der Waals surface area (Å²) in [6.45, 7) is 2.93. The van der Waals surface area contributed by atoms with E-state index in [2.05, 4.69) is 20.8 Å². The minimum absolute atomic E-state index is 0.246. The van der Waals surface area contributed by atoms with E-state index in [4.69, 9.17) is 10.2 Å². The van der Waals surface area contributed by atoms with Gasteiger partial charge in [-0.2, -0.15) is 0 Å². The predicted molar refractivity (Wildman–Crippen MR) is 71.6 cm³/mol. The molecule has 1 aliphatic rings. The molecule has 5 heteroatoms. The number of hydrogen-bond donors (Lipinski definition) is 2. The Kier molecular flexibility index (Phi) is 4.37. The van der Waals surface area contributed by atoms with Crippen molar-refractivity contribution in [2.45, 2.75) is 13.0 Å². The van der Waals surface area contributed by atoms with Crippen LogP contribution in [0.25, 0.3) is 0 Å². The topological polar surface area (TPSA) is 60.8 Å². The maximum atomic E-state index is 10.8. The van der Waals surface area contributed by atoms with Gasteiger partial charge in [-0.3, -0.25) is 4.90 Å². The van der Waals surface area contributed by atoms with Crippen LogP contribution in [-0.4, -0.2) is 40.8 Å². The van der Waals surface area contributed by atoms with Crippen LogP contribution in [0, 0.1) is 5.92 Å². The molecular weight excluding hydrogens is 298 g/mol. The Hall–Kier alpha value is -0.910. The van der Waals surface area contributed by atoms with Gasteiger partial charge in [0.15, 0.2) is 0 Å². The lowest BCUT2D eigenvalue weighted by Crippen LogP contribution is -2.21. The van der Waals surface area contributed by atoms with Crippen LogP contribution in [0.15, 0.2) is 22.7 Å². The number of aliphatic hydroxyl groups is 1. The minimum atomic E-state index is -0.913. The van der Waals surface area contributed by atoms with Crippen molar-refractivity contribution >= 4 is 21.9 Å². The van der Waals surface area contributed by atoms with Gasteiger partial charge >= 0.3 is 5.97 Å². The van der Waals surface area contributed by atoms with Crippen molar-refractivity contribution in [2.24, 2.45) is 5.92 Å². The number of carboxylic acids is 1. The molecule has 1 atom stereocenters. The van der Waals surface area contributed by atoms with Gasteiger partial charge < -0.3 is 10.2 Å². The van der Waals surface area contributed by atoms with Gasteiger partial charge in [0.2, 0.25) is 0 Å². The first-order valence-electron chi connectivity index (χ1n) is 5.95. The van der Waals surface area contributed by atoms with Crippen molar-refractivity contribution < 1.29 is 15.0 Å². The van der Waals surface area contributed by atoms with E-state index < -0.39 is 5.97 Å². The Labute approximate surface area is 114 Å². The summed E-state index contributed by atoms with van der Waals surface area (Å²) in [6, 6.07) is 5.11. The Balaban J connectivity index is 2.04. The average molecular weight is 314 g/mol. The molecular formula is C13H16BrNO3. The fraction of sp³-hybridized carbons (Fsp3) is 0.462. The number of carboxylic acid groups (broad SMARTS) is 1. The maximum Gasteiger partial charge on any atom is 0.335 e. The first-order chi connectivity index (χ1) is 8.60. The predicted octanol–water partition coefficient (Wildman–Crippen LogP) is 1.96. The normalized spacial score (nSPS) is 20.2. The van der Waals surface area contributed by atoms with Crippen LogP contribution >= 0.6 is 15.9 Å². The molecule has 1 saturated heterocycles. The fourth-order valence-corrected chi connectivity index (χ4v) is 2.76. The van der Waals surface area contributed by atoms with Crippen LogP contribution < -0.4 is 0 Å². The third-order valence-corrected chi connectivity index (χ3v) is 4.06. The molecule has 0 aromatic heterocycles. The van der Waals surface area contributed by atoms with Gasteiger partial charge in [0.05, 0.1) is 5.56 Å². The van der Waals surface area contributed by atoms with Crippen LogP contribution in [-0.2, 0) is 6.54 Å². The molecule has 0 aliphatic carbocycles. The summed E-state index contributed by atoms with van der Waals surface area (Å²) >= 11 is 3.42. The molecule has 1 aromatic rings. The van der Waals surface area contributed by atoms with E-state index in [0.29, 0.717) is 11.5 Å². The molecule has 4 nitrogen and oxygen atoms in total. The second kappa shape index (κ2) is 5.82. The molecule has 0 bridgehead atoms. The lowest BCUT2D eigenvalue weighted by molar-refractivity contribution is 0.0697. The quantitative estimate of drug-likeness (QED) is 0.892. The SMILES string of the molecule is O=C(O)c1ccc(CN2CCC(CO)C2)c(Br)c1. The molecule has 98 valence electrons. The molecule has 0 amide bonds. The van der Waals surface area contributed by atoms with E-state index in [-0.39, 0.29) is 6.61 Å². The third-order valence-electron chi connectivity index (χ3n) is 3.32. The highest BCUT2D eigenvalue weighted by Crippen LogP contribution is 2.23. The molecule has 1 unspecified atom stereocenters. The van der Waals surface area contributed by atoms with Gasteiger partial charge in [-0.25, -0.2) is 4.79 Å². The van der Waals surface area contributed by atoms with Crippen molar-refractivity contribution in [3.8, 4) is 0 Å². The van der Waals surface area contributed by atoms with Gasteiger partial charge in [-0.15, -0.1) is 0 Å². The number of benzene rings is 1. The van der Waals surface area contributed by atoms with E-state index in [1.54, 1.807) is 12.1 Å². The summed E-state index contributed by atoms with van der Waals surface area (Å²) in [4.78, 5) is 13.1. The summed E-state index contributed by atoms with van der Waals surface area (Å²) in [7, 11) is 0. The van der Waals surface area contributed by atoms with Crippen LogP contribution in [0.2, 0.25) is 0 Å². The van der Waals surface area contributed by atoms with Gasteiger partial charge in [0, 0.05) is 24.2 Å². The third kappa shape index (κ3) is 3.10. The van der Waals surface area contributed by atoms with Crippen LogP contribution in [0.3, 0.4) is 0 Å². The summed E-state index contributed by atoms with van der Waals surface area (Å²) in [5.74, 6) is -0.536. The zero-order valence-electron chi connectivity index (χ0n) is 9.97. The minimum Gasteiger partial charge on any atom is -0.478 e. The largest absolute Gasteiger partial charge is 0.478 e. The Morgan fingerprint density at radius 1 is 1.50 bits per heavy atom. The van der Waals surface area contributed by atoms with Crippen LogP contribution in [0.4, 0.5) is 0 Å². The van der Waals surface area contributed by atoms with E-state index in [1.165, 1.54) is 0 Å². The number of likely N-dealkylation sites (tertiary alicyclic amines) is 1. The molecule has 1 aromatic carbocycles. The zero-order valence-corrected chi connectivity index (χ0v) is 11.6. The van der Waals surface area contributed by atoms with Gasteiger partial charge in [0.25, 0.3) is 0 Å². The highest BCUT2D eigenvalue weighted by atomic mass is 79.9. The first-order valence-corrected chi connectivity index (χ1v) is 6.74. The van der Waals surface area contributed by atoms with Crippen molar-refractivity contribution in [3.63, 3.8) is 0 Å². The van der Waals surface area contributed by atoms with Crippen LogP contribution in [0.1, 0.15) is 22.3 Å². The van der Waals surface area contributed by atoms with Gasteiger partial charge in [-0.1, -0.05) is 22.0 Å². The molecule has 1 heterocycles. The number of rotatable bonds is 4. The van der Waals surface area contributed by atoms with Crippen molar-refractivity contribution in [1.29, 1.82) is 0 Å². The van der Waals surface area contributed by atoms with E-state index in [0.717, 1.165) is 36.1 Å². The van der Waals surface area contributed by atoms with E-state index in [9.17, 15) is 4.79 Å². The van der Waals surface area contributed by atoms with Gasteiger partial charge in [0.1, 0.15) is 0 Å². The van der Waals surface area contributed by atoms with E-state index in [1.807, 2.05) is 6.07 Å². The summed E-state index contributed by atoms with van der Waals surface area (Å²) in [6.07, 6.45) is 1.03. The van der Waals surface area contributed by atoms with Gasteiger partial charge in [-0.05, 0) is 36.6 Å². The van der Waals surface area contributed by atoms with E-state index >= 15 is 0 Å². The maximum absolute atomic E-state index is 10.8. The number of aliphatic hydroxyl groups excluding tert-OH is 1. The lowest BCUT2D eigenvalue weighted by atomic mass is 10.1. The van der Waals surface area contributed by atoms with Crippen LogP contribution in [0.5, 0.6) is 0 Å². The Morgan fingerprint density at radius 2 is 2.28 bits per heavy atom. The molecule has 0 radical (unpaired) electrons. The fourth-order valence-electron chi connectivity index (χ4n) is 2.25. The molecule has 1 fully saturated rings. The summed E-state index contributed by atoms with van der Waals surface area (Å²) < 4.78 is 0.829. The van der Waals surface area contributed by atoms with Crippen molar-refractivity contribution in [2.75, 3.05) is 19.7 Å². The molecule has 2 rings (SSSR count). The molecule has 0 spiro atoms. The number of carbonyl (C=O) groups is 1. The first kappa shape index (κ1) is 13.5. The lowest BCUT2D eigenvalue weighted by Gasteiger charge is -2.16. The number of nitrogens with zero attached hydrogens (tertiary/aromatic N) is 1. The Morgan fingerprint density at radius 3 is 2.83 bits per heavy atom. The second-order valence-corrected chi connectivity index (χ2v) is 5.54. The summed E-state index contributed by atoms with van der Waals surface area (Å²) in [5.41, 5.74) is 1.37. The Bertz CT molecular complexity index is 450. The molecule has 1 aliphatic heterocycles. The number of halogens is 1. The molecule has 0 saturated carbocycles. The smallest absolute Gasteiger partial charge is 0.335 e. The van der Waals surface area contributed by atoms with Crippen molar-refractivity contribution in [1.82, 2.24) is 4.90 Å². The molecule has 2 N–H and O–H groups in total. The highest BCUT2D eigenvalue weighted by Gasteiger charge is 2.22. The van der Waals surface area contributed by atoms with Crippen molar-refractivity contribution in [3.05, 3.63) is 33.8 Å². The second-order valence-electron chi connectivity index (χ2n) is 4.68. The molecule has 18 heavy (non-hydrogen) atoms. The average Bonchev–Trinajstić information content (AvgIpc) is 2.79. The standard InChI is InChI=1S/C13H16BrNO3/c14-12-5-10(13(17)18)1-2-11(12)7-15-4-3-9(6-15)8-16/h1-2,5,9,16H,3-4,6-8H2,(H,17,18). The number of hydrogen-bond acceptors (Lipinski definition) is 3. The number of aromatic carboxylic acids is 1. The zero-order chi connectivity index (χ0) is 13.1.